The van der Waals surface area contributed by atoms with Crippen LogP contribution in [0.25, 0.3) is 33.5 Å². The molecule has 0 fully saturated rings. The topological polar surface area (TPSA) is 107 Å². The number of carbonyl (C=O) groups excluding carboxylic acids is 1. The summed E-state index contributed by atoms with van der Waals surface area (Å²) in [6.07, 6.45) is 17.5. The van der Waals surface area contributed by atoms with Gasteiger partial charge >= 0.3 is 5.97 Å². The van der Waals surface area contributed by atoms with Crippen LogP contribution in [0.5, 0.6) is 0 Å². The van der Waals surface area contributed by atoms with Crippen molar-refractivity contribution in [1.82, 2.24) is 38.7 Å². The van der Waals surface area contributed by atoms with Gasteiger partial charge in [0.2, 0.25) is 0 Å². The molecule has 1 atom stereocenters. The molecular formula is C28H28N8O2. The second kappa shape index (κ2) is 9.29. The SMILES string of the molecule is CCOC(=O)C(n1cc(-c2ccn3ccnc3c2)cn1)C(C)(C)Cc1cn2ccc(-c3cn[nH]c3)cc2n1. The van der Waals surface area contributed by atoms with E-state index >= 15 is 0 Å². The summed E-state index contributed by atoms with van der Waals surface area (Å²) in [6, 6.07) is 7.43. The highest BCUT2D eigenvalue weighted by Gasteiger charge is 2.39. The minimum Gasteiger partial charge on any atom is -0.464 e. The maximum atomic E-state index is 13.3. The number of nitrogens with one attached hydrogen (secondary N) is 1. The van der Waals surface area contributed by atoms with E-state index in [1.165, 1.54) is 0 Å². The normalized spacial score (nSPS) is 12.8. The molecule has 10 nitrogen and oxygen atoms in total. The zero-order valence-electron chi connectivity index (χ0n) is 21.4. The maximum Gasteiger partial charge on any atom is 0.331 e. The smallest absolute Gasteiger partial charge is 0.331 e. The minimum absolute atomic E-state index is 0.293. The Morgan fingerprint density at radius 3 is 2.58 bits per heavy atom. The number of nitrogens with zero attached hydrogens (tertiary/aromatic N) is 7. The lowest BCUT2D eigenvalue weighted by molar-refractivity contribution is -0.151. The van der Waals surface area contributed by atoms with Gasteiger partial charge in [0, 0.05) is 59.9 Å². The summed E-state index contributed by atoms with van der Waals surface area (Å²) in [5.74, 6) is -0.318. The Hall–Kier alpha value is -4.73. The van der Waals surface area contributed by atoms with Gasteiger partial charge in [0.25, 0.3) is 0 Å². The molecule has 6 aromatic rings. The van der Waals surface area contributed by atoms with E-state index in [2.05, 4.69) is 20.3 Å². The molecule has 192 valence electrons. The molecule has 6 aromatic heterocycles. The van der Waals surface area contributed by atoms with Crippen LogP contribution in [0.3, 0.4) is 0 Å². The third-order valence-electron chi connectivity index (χ3n) is 6.83. The fraction of sp³-hybridized carbons (Fsp3) is 0.250. The highest BCUT2D eigenvalue weighted by Crippen LogP contribution is 2.36. The number of fused-ring (bicyclic) bond motifs is 2. The molecule has 6 rings (SSSR count). The Bertz CT molecular complexity index is 1720. The van der Waals surface area contributed by atoms with Gasteiger partial charge < -0.3 is 13.5 Å². The first-order valence-corrected chi connectivity index (χ1v) is 12.5. The molecule has 6 heterocycles. The standard InChI is InChI=1S/C28H28N8O2/c1-4-38-27(37)26(36-17-22(16-32-36)20-5-8-34-10-7-29-24(34)11-20)28(2,3)13-23-18-35-9-6-19(12-25(35)33-23)21-14-30-31-15-21/h5-12,14-18,26H,4,13H2,1-3H3,(H,30,31). The molecule has 1 unspecified atom stereocenters. The van der Waals surface area contributed by atoms with Crippen molar-refractivity contribution < 1.29 is 9.53 Å². The van der Waals surface area contributed by atoms with Crippen LogP contribution >= 0.6 is 0 Å². The number of H-pyrrole nitrogens is 1. The zero-order valence-corrected chi connectivity index (χ0v) is 21.4. The van der Waals surface area contributed by atoms with Crippen LogP contribution in [-0.2, 0) is 16.0 Å². The molecule has 0 spiro atoms. The van der Waals surface area contributed by atoms with Crippen molar-refractivity contribution in [2.75, 3.05) is 6.61 Å². The Morgan fingerprint density at radius 2 is 1.79 bits per heavy atom. The molecule has 0 aliphatic rings. The van der Waals surface area contributed by atoms with Crippen LogP contribution in [0.4, 0.5) is 0 Å². The number of carbonyl (C=O) groups is 1. The Balaban J connectivity index is 1.31. The third-order valence-corrected chi connectivity index (χ3v) is 6.83. The average molecular weight is 509 g/mol. The van der Waals surface area contributed by atoms with Gasteiger partial charge in [-0.25, -0.2) is 14.8 Å². The van der Waals surface area contributed by atoms with Crippen molar-refractivity contribution in [2.24, 2.45) is 5.41 Å². The number of hydrogen-bond donors (Lipinski definition) is 1. The van der Waals surface area contributed by atoms with Crippen LogP contribution in [0.15, 0.2) is 80.0 Å². The summed E-state index contributed by atoms with van der Waals surface area (Å²) < 4.78 is 11.2. The summed E-state index contributed by atoms with van der Waals surface area (Å²) in [6.45, 7) is 6.21. The third kappa shape index (κ3) is 4.34. The predicted octanol–water partition coefficient (Wildman–Crippen LogP) is 4.61. The second-order valence-electron chi connectivity index (χ2n) is 10.0. The number of hydrogen-bond acceptors (Lipinski definition) is 6. The van der Waals surface area contributed by atoms with Gasteiger partial charge in [-0.3, -0.25) is 9.78 Å². The van der Waals surface area contributed by atoms with E-state index in [0.29, 0.717) is 13.0 Å². The number of rotatable bonds is 8. The Morgan fingerprint density at radius 1 is 1.00 bits per heavy atom. The number of imidazole rings is 2. The number of aromatic amines is 1. The quantitative estimate of drug-likeness (QED) is 0.301. The summed E-state index contributed by atoms with van der Waals surface area (Å²) in [5.41, 5.74) is 5.92. The fourth-order valence-corrected chi connectivity index (χ4v) is 5.00. The summed E-state index contributed by atoms with van der Waals surface area (Å²) in [7, 11) is 0. The molecule has 38 heavy (non-hydrogen) atoms. The van der Waals surface area contributed by atoms with Gasteiger partial charge in [0.05, 0.1) is 24.7 Å². The van der Waals surface area contributed by atoms with Gasteiger partial charge in [-0.15, -0.1) is 0 Å². The highest BCUT2D eigenvalue weighted by molar-refractivity contribution is 5.76. The molecule has 10 heteroatoms. The molecular weight excluding hydrogens is 480 g/mol. The van der Waals surface area contributed by atoms with Gasteiger partial charge in [-0.1, -0.05) is 13.8 Å². The van der Waals surface area contributed by atoms with Crippen molar-refractivity contribution in [2.45, 2.75) is 33.2 Å². The average Bonchev–Trinajstić information content (AvgIpc) is 3.69. The van der Waals surface area contributed by atoms with Crippen LogP contribution in [0.2, 0.25) is 0 Å². The first-order chi connectivity index (χ1) is 18.4. The molecule has 1 N–H and O–H groups in total. The largest absolute Gasteiger partial charge is 0.464 e. The number of aromatic nitrogens is 8. The zero-order chi connectivity index (χ0) is 26.3. The van der Waals surface area contributed by atoms with E-state index in [4.69, 9.17) is 9.72 Å². The van der Waals surface area contributed by atoms with E-state index in [1.54, 1.807) is 23.3 Å². The van der Waals surface area contributed by atoms with E-state index < -0.39 is 11.5 Å². The molecule has 0 aliphatic heterocycles. The molecule has 0 aromatic carbocycles. The molecule has 0 aliphatic carbocycles. The van der Waals surface area contributed by atoms with Crippen LogP contribution in [0.1, 0.15) is 32.5 Å². The number of esters is 1. The molecule has 0 bridgehead atoms. The highest BCUT2D eigenvalue weighted by atomic mass is 16.5. The monoisotopic (exact) mass is 508 g/mol. The van der Waals surface area contributed by atoms with E-state index in [0.717, 1.165) is 39.2 Å². The van der Waals surface area contributed by atoms with Crippen molar-refractivity contribution in [1.29, 1.82) is 0 Å². The Labute approximate surface area is 218 Å². The van der Waals surface area contributed by atoms with E-state index in [-0.39, 0.29) is 5.97 Å². The minimum atomic E-state index is -0.641. The van der Waals surface area contributed by atoms with Crippen molar-refractivity contribution >= 4 is 17.3 Å². The van der Waals surface area contributed by atoms with Crippen molar-refractivity contribution in [3.8, 4) is 22.3 Å². The van der Waals surface area contributed by atoms with E-state index in [9.17, 15) is 4.79 Å². The van der Waals surface area contributed by atoms with Crippen LogP contribution in [-0.4, -0.2) is 51.3 Å². The van der Waals surface area contributed by atoms with Crippen molar-refractivity contribution in [3.05, 3.63) is 85.7 Å². The first-order valence-electron chi connectivity index (χ1n) is 12.5. The second-order valence-corrected chi connectivity index (χ2v) is 10.0. The molecule has 0 amide bonds. The van der Waals surface area contributed by atoms with Gasteiger partial charge in [0.15, 0.2) is 6.04 Å². The van der Waals surface area contributed by atoms with Crippen LogP contribution < -0.4 is 0 Å². The number of pyridine rings is 2. The fourth-order valence-electron chi connectivity index (χ4n) is 5.00. The van der Waals surface area contributed by atoms with E-state index in [1.807, 2.05) is 91.0 Å². The van der Waals surface area contributed by atoms with Gasteiger partial charge in [0.1, 0.15) is 11.3 Å². The molecule has 0 radical (unpaired) electrons. The van der Waals surface area contributed by atoms with Crippen molar-refractivity contribution in [3.63, 3.8) is 0 Å². The summed E-state index contributed by atoms with van der Waals surface area (Å²) >= 11 is 0. The number of ether oxygens (including phenoxy) is 1. The summed E-state index contributed by atoms with van der Waals surface area (Å²) in [5, 5.41) is 11.5. The lowest BCUT2D eigenvalue weighted by Gasteiger charge is -2.32. The first kappa shape index (κ1) is 23.7. The lowest BCUT2D eigenvalue weighted by Crippen LogP contribution is -2.37. The van der Waals surface area contributed by atoms with Gasteiger partial charge in [-0.05, 0) is 48.7 Å². The van der Waals surface area contributed by atoms with Crippen LogP contribution in [0, 0.1) is 5.41 Å². The van der Waals surface area contributed by atoms with Gasteiger partial charge in [-0.2, -0.15) is 10.2 Å². The Kier molecular flexibility index (Phi) is 5.79. The lowest BCUT2D eigenvalue weighted by atomic mass is 9.80. The molecule has 0 saturated heterocycles. The predicted molar refractivity (Wildman–Crippen MR) is 142 cm³/mol. The maximum absolute atomic E-state index is 13.3. The molecule has 0 saturated carbocycles. The summed E-state index contributed by atoms with van der Waals surface area (Å²) in [4.78, 5) is 22.5.